The maximum absolute atomic E-state index is 11.7. The van der Waals surface area contributed by atoms with E-state index in [1.54, 1.807) is 41.1 Å². The van der Waals surface area contributed by atoms with E-state index in [2.05, 4.69) is 20.8 Å². The van der Waals surface area contributed by atoms with Crippen molar-refractivity contribution in [3.8, 4) is 5.75 Å². The zero-order valence-corrected chi connectivity index (χ0v) is 15.7. The fraction of sp³-hybridized carbons (Fsp3) is 0.100. The lowest BCUT2D eigenvalue weighted by molar-refractivity contribution is -0.123. The molecular formula is C20H18ClN5O2. The van der Waals surface area contributed by atoms with Gasteiger partial charge in [-0.1, -0.05) is 59.3 Å². The van der Waals surface area contributed by atoms with Crippen LogP contribution in [0.25, 0.3) is 6.08 Å². The molecule has 1 aromatic heterocycles. The van der Waals surface area contributed by atoms with E-state index in [-0.39, 0.29) is 6.61 Å². The van der Waals surface area contributed by atoms with E-state index in [4.69, 9.17) is 16.3 Å². The minimum absolute atomic E-state index is 0.182. The lowest BCUT2D eigenvalue weighted by atomic mass is 10.2. The minimum Gasteiger partial charge on any atom is -0.482 e. The summed E-state index contributed by atoms with van der Waals surface area (Å²) in [7, 11) is 0. The second-order valence-corrected chi connectivity index (χ2v) is 6.13. The van der Waals surface area contributed by atoms with Crippen molar-refractivity contribution in [2.24, 2.45) is 5.10 Å². The molecule has 1 N–H and O–H groups in total. The van der Waals surface area contributed by atoms with Crippen LogP contribution < -0.4 is 10.2 Å². The molecule has 1 heterocycles. The van der Waals surface area contributed by atoms with Crippen LogP contribution in [0.4, 0.5) is 0 Å². The average Bonchev–Trinajstić information content (AvgIpc) is 3.15. The predicted octanol–water partition coefficient (Wildman–Crippen LogP) is 3.17. The lowest BCUT2D eigenvalue weighted by Crippen LogP contribution is -2.24. The molecule has 0 atom stereocenters. The Morgan fingerprint density at radius 1 is 1.18 bits per heavy atom. The number of benzene rings is 2. The van der Waals surface area contributed by atoms with Crippen molar-refractivity contribution >= 4 is 29.8 Å². The standard InChI is InChI=1S/C20H18ClN5O2/c21-18-10-4-5-11-19(18)28-15-20(27)24-22-12-6-9-17-14-26(25-23-17)13-16-7-2-1-3-8-16/h1-12,14H,13,15H2,(H,24,27)/b9-6+,22-12+. The monoisotopic (exact) mass is 395 g/mol. The average molecular weight is 396 g/mol. The van der Waals surface area contributed by atoms with Crippen LogP contribution in [0, 0.1) is 0 Å². The number of ether oxygens (including phenoxy) is 1. The third-order valence-corrected chi connectivity index (χ3v) is 3.87. The molecule has 3 aromatic rings. The van der Waals surface area contributed by atoms with E-state index >= 15 is 0 Å². The Morgan fingerprint density at radius 2 is 1.96 bits per heavy atom. The summed E-state index contributed by atoms with van der Waals surface area (Å²) >= 11 is 5.95. The van der Waals surface area contributed by atoms with Gasteiger partial charge in [-0.05, 0) is 29.8 Å². The number of carbonyl (C=O) groups is 1. The van der Waals surface area contributed by atoms with Crippen molar-refractivity contribution in [3.05, 3.63) is 83.2 Å². The summed E-state index contributed by atoms with van der Waals surface area (Å²) in [6.45, 7) is 0.468. The molecule has 7 nitrogen and oxygen atoms in total. The third-order valence-electron chi connectivity index (χ3n) is 3.56. The first-order valence-electron chi connectivity index (χ1n) is 8.50. The molecule has 0 radical (unpaired) electrons. The Morgan fingerprint density at radius 3 is 2.79 bits per heavy atom. The molecule has 0 aliphatic heterocycles. The highest BCUT2D eigenvalue weighted by Gasteiger charge is 2.04. The number of carbonyl (C=O) groups excluding carboxylic acids is 1. The second kappa shape index (κ2) is 10.0. The molecular weight excluding hydrogens is 378 g/mol. The van der Waals surface area contributed by atoms with Gasteiger partial charge in [0.05, 0.1) is 17.8 Å². The number of hydrogen-bond donors (Lipinski definition) is 1. The first-order chi connectivity index (χ1) is 13.7. The number of halogens is 1. The van der Waals surface area contributed by atoms with Gasteiger partial charge < -0.3 is 4.74 Å². The quantitative estimate of drug-likeness (QED) is 0.469. The fourth-order valence-electron chi connectivity index (χ4n) is 2.27. The van der Waals surface area contributed by atoms with Crippen molar-refractivity contribution in [2.45, 2.75) is 6.54 Å². The first kappa shape index (κ1) is 19.3. The lowest BCUT2D eigenvalue weighted by Gasteiger charge is -2.05. The molecule has 0 saturated heterocycles. The summed E-state index contributed by atoms with van der Waals surface area (Å²) in [5.74, 6) is 0.0557. The molecule has 0 spiro atoms. The van der Waals surface area contributed by atoms with Gasteiger partial charge in [-0.3, -0.25) is 4.79 Å². The Hall–Kier alpha value is -3.45. The normalized spacial score (nSPS) is 11.2. The summed E-state index contributed by atoms with van der Waals surface area (Å²) in [5.41, 5.74) is 4.20. The minimum atomic E-state index is -0.390. The van der Waals surface area contributed by atoms with Crippen LogP contribution in [0.3, 0.4) is 0 Å². The molecule has 2 aromatic carbocycles. The molecule has 0 fully saturated rings. The third kappa shape index (κ3) is 6.07. The van der Waals surface area contributed by atoms with Gasteiger partial charge >= 0.3 is 0 Å². The van der Waals surface area contributed by atoms with E-state index < -0.39 is 5.91 Å². The Labute approximate surface area is 167 Å². The van der Waals surface area contributed by atoms with E-state index in [0.29, 0.717) is 23.0 Å². The number of rotatable bonds is 8. The van der Waals surface area contributed by atoms with Gasteiger partial charge in [-0.2, -0.15) is 5.10 Å². The van der Waals surface area contributed by atoms with Gasteiger partial charge in [0.2, 0.25) is 0 Å². The van der Waals surface area contributed by atoms with E-state index in [1.165, 1.54) is 6.21 Å². The largest absolute Gasteiger partial charge is 0.482 e. The molecule has 0 bridgehead atoms. The predicted molar refractivity (Wildman–Crippen MR) is 108 cm³/mol. The van der Waals surface area contributed by atoms with Crippen LogP contribution in [-0.4, -0.2) is 33.7 Å². The number of hydrazone groups is 1. The number of hydrogen-bond acceptors (Lipinski definition) is 5. The van der Waals surface area contributed by atoms with Gasteiger partial charge in [-0.25, -0.2) is 10.1 Å². The van der Waals surface area contributed by atoms with Crippen molar-refractivity contribution in [1.82, 2.24) is 20.4 Å². The molecule has 0 saturated carbocycles. The van der Waals surface area contributed by atoms with Gasteiger partial charge in [-0.15, -0.1) is 5.10 Å². The zero-order chi connectivity index (χ0) is 19.6. The van der Waals surface area contributed by atoms with E-state index in [0.717, 1.165) is 5.56 Å². The number of nitrogens with one attached hydrogen (secondary N) is 1. The molecule has 0 aliphatic rings. The van der Waals surface area contributed by atoms with Crippen LogP contribution >= 0.6 is 11.6 Å². The second-order valence-electron chi connectivity index (χ2n) is 5.72. The number of para-hydroxylation sites is 1. The van der Waals surface area contributed by atoms with Gasteiger partial charge in [0.15, 0.2) is 6.61 Å². The van der Waals surface area contributed by atoms with Gasteiger partial charge in [0.25, 0.3) is 5.91 Å². The SMILES string of the molecule is O=C(COc1ccccc1Cl)N/N=C/C=C/c1cn(Cc2ccccc2)nn1. The summed E-state index contributed by atoms with van der Waals surface area (Å²) in [6.07, 6.45) is 6.67. The summed E-state index contributed by atoms with van der Waals surface area (Å²) in [4.78, 5) is 11.7. The highest BCUT2D eigenvalue weighted by Crippen LogP contribution is 2.22. The fourth-order valence-corrected chi connectivity index (χ4v) is 2.46. The molecule has 1 amide bonds. The Balaban J connectivity index is 1.41. The van der Waals surface area contributed by atoms with Crippen LogP contribution in [0.5, 0.6) is 5.75 Å². The van der Waals surface area contributed by atoms with Crippen molar-refractivity contribution in [3.63, 3.8) is 0 Å². The molecule has 142 valence electrons. The van der Waals surface area contributed by atoms with Crippen molar-refractivity contribution in [2.75, 3.05) is 6.61 Å². The number of aromatic nitrogens is 3. The van der Waals surface area contributed by atoms with Crippen LogP contribution in [0.2, 0.25) is 5.02 Å². The topological polar surface area (TPSA) is 81.4 Å². The smallest absolute Gasteiger partial charge is 0.277 e. The molecule has 0 aliphatic carbocycles. The Kier molecular flexibility index (Phi) is 6.92. The molecule has 8 heteroatoms. The van der Waals surface area contributed by atoms with E-state index in [9.17, 15) is 4.79 Å². The summed E-state index contributed by atoms with van der Waals surface area (Å²) < 4.78 is 7.07. The van der Waals surface area contributed by atoms with Crippen molar-refractivity contribution in [1.29, 1.82) is 0 Å². The molecule has 3 rings (SSSR count). The van der Waals surface area contributed by atoms with Crippen molar-refractivity contribution < 1.29 is 9.53 Å². The highest BCUT2D eigenvalue weighted by atomic mass is 35.5. The highest BCUT2D eigenvalue weighted by molar-refractivity contribution is 6.32. The molecule has 28 heavy (non-hydrogen) atoms. The van der Waals surface area contributed by atoms with Crippen LogP contribution in [-0.2, 0) is 11.3 Å². The maximum atomic E-state index is 11.7. The van der Waals surface area contributed by atoms with E-state index in [1.807, 2.05) is 36.5 Å². The molecule has 0 unspecified atom stereocenters. The number of nitrogens with zero attached hydrogens (tertiary/aromatic N) is 4. The van der Waals surface area contributed by atoms with Gasteiger partial charge in [0.1, 0.15) is 11.4 Å². The Bertz CT molecular complexity index is 969. The maximum Gasteiger partial charge on any atom is 0.277 e. The number of allylic oxidation sites excluding steroid dienone is 1. The summed E-state index contributed by atoms with van der Waals surface area (Å²) in [5, 5.41) is 12.4. The van der Waals surface area contributed by atoms with Crippen LogP contribution in [0.15, 0.2) is 72.0 Å². The first-order valence-corrected chi connectivity index (χ1v) is 8.88. The van der Waals surface area contributed by atoms with Gasteiger partial charge in [0, 0.05) is 6.21 Å². The summed E-state index contributed by atoms with van der Waals surface area (Å²) in [6, 6.07) is 16.9. The zero-order valence-electron chi connectivity index (χ0n) is 14.9. The van der Waals surface area contributed by atoms with Crippen LogP contribution in [0.1, 0.15) is 11.3 Å². The number of amides is 1.